The van der Waals surface area contributed by atoms with Crippen molar-refractivity contribution in [2.24, 2.45) is 0 Å². The maximum atomic E-state index is 13.4. The summed E-state index contributed by atoms with van der Waals surface area (Å²) in [5.41, 5.74) is 2.80. The summed E-state index contributed by atoms with van der Waals surface area (Å²) < 4.78 is 6.35. The highest BCUT2D eigenvalue weighted by Crippen LogP contribution is 2.32. The van der Waals surface area contributed by atoms with Crippen LogP contribution in [0.5, 0.6) is 5.75 Å². The standard InChI is InChI=1S/C23H29N3O2S/c1-23(2,3)17-9-7-16(8-10-17)21(27)26(14-13-25(4)5)22-24-19-15-18(28-6)11-12-20(19)29-22/h7-12,15H,13-14H2,1-6H3/p+1. The van der Waals surface area contributed by atoms with Crippen LogP contribution >= 0.6 is 11.3 Å². The van der Waals surface area contributed by atoms with Crippen LogP contribution in [-0.2, 0) is 5.41 Å². The number of hydrogen-bond donors (Lipinski definition) is 1. The number of quaternary nitrogens is 1. The van der Waals surface area contributed by atoms with Gasteiger partial charge in [-0.1, -0.05) is 44.2 Å². The van der Waals surface area contributed by atoms with Crippen molar-refractivity contribution in [3.05, 3.63) is 53.6 Å². The van der Waals surface area contributed by atoms with E-state index in [2.05, 4.69) is 34.9 Å². The number of ether oxygens (including phenoxy) is 1. The molecule has 3 rings (SSSR count). The first-order chi connectivity index (χ1) is 13.7. The number of nitrogens with one attached hydrogen (secondary N) is 1. The second kappa shape index (κ2) is 8.51. The minimum absolute atomic E-state index is 0.0160. The zero-order valence-corrected chi connectivity index (χ0v) is 18.9. The molecule has 0 bridgehead atoms. The van der Waals surface area contributed by atoms with E-state index in [1.165, 1.54) is 21.8 Å². The SMILES string of the molecule is COc1ccc2sc(N(CC[NH+](C)C)C(=O)c3ccc(C(C)(C)C)cc3)nc2c1. The minimum atomic E-state index is -0.0160. The summed E-state index contributed by atoms with van der Waals surface area (Å²) in [7, 11) is 5.82. The average Bonchev–Trinajstić information content (AvgIpc) is 3.09. The molecule has 3 aromatic rings. The molecule has 0 saturated carbocycles. The number of carbonyl (C=O) groups excluding carboxylic acids is 1. The molecule has 6 heteroatoms. The van der Waals surface area contributed by atoms with E-state index in [4.69, 9.17) is 9.72 Å². The molecule has 0 aliphatic rings. The third-order valence-electron chi connectivity index (χ3n) is 4.89. The summed E-state index contributed by atoms with van der Waals surface area (Å²) in [6, 6.07) is 13.8. The fraction of sp³-hybridized carbons (Fsp3) is 0.391. The van der Waals surface area contributed by atoms with Gasteiger partial charge in [0.15, 0.2) is 5.13 Å². The Morgan fingerprint density at radius 2 is 1.83 bits per heavy atom. The predicted molar refractivity (Wildman–Crippen MR) is 121 cm³/mol. The first kappa shape index (κ1) is 21.3. The number of hydrogen-bond acceptors (Lipinski definition) is 4. The molecule has 0 saturated heterocycles. The molecule has 1 heterocycles. The third-order valence-corrected chi connectivity index (χ3v) is 5.95. The predicted octanol–water partition coefficient (Wildman–Crippen LogP) is 3.39. The van der Waals surface area contributed by atoms with E-state index >= 15 is 0 Å². The van der Waals surface area contributed by atoms with E-state index in [-0.39, 0.29) is 11.3 Å². The molecule has 0 atom stereocenters. The summed E-state index contributed by atoms with van der Waals surface area (Å²) >= 11 is 1.54. The summed E-state index contributed by atoms with van der Waals surface area (Å²) in [6.07, 6.45) is 0. The first-order valence-corrected chi connectivity index (χ1v) is 10.7. The van der Waals surface area contributed by atoms with Gasteiger partial charge in [0, 0.05) is 11.6 Å². The molecule has 1 amide bonds. The lowest BCUT2D eigenvalue weighted by molar-refractivity contribution is -0.856. The van der Waals surface area contributed by atoms with Crippen LogP contribution < -0.4 is 14.5 Å². The van der Waals surface area contributed by atoms with Gasteiger partial charge in [0.1, 0.15) is 5.75 Å². The lowest BCUT2D eigenvalue weighted by Crippen LogP contribution is -3.06. The Kier molecular flexibility index (Phi) is 6.24. The van der Waals surface area contributed by atoms with Crippen molar-refractivity contribution in [3.63, 3.8) is 0 Å². The highest BCUT2D eigenvalue weighted by atomic mass is 32.1. The number of carbonyl (C=O) groups is 1. The van der Waals surface area contributed by atoms with Gasteiger partial charge in [0.2, 0.25) is 0 Å². The van der Waals surface area contributed by atoms with Crippen molar-refractivity contribution < 1.29 is 14.4 Å². The van der Waals surface area contributed by atoms with Crippen LogP contribution in [0.15, 0.2) is 42.5 Å². The average molecular weight is 413 g/mol. The van der Waals surface area contributed by atoms with Crippen LogP contribution in [0.2, 0.25) is 0 Å². The van der Waals surface area contributed by atoms with Crippen molar-refractivity contribution in [2.75, 3.05) is 39.2 Å². The van der Waals surface area contributed by atoms with Crippen LogP contribution in [0.3, 0.4) is 0 Å². The first-order valence-electron chi connectivity index (χ1n) is 9.85. The van der Waals surface area contributed by atoms with E-state index in [9.17, 15) is 4.79 Å². The molecule has 5 nitrogen and oxygen atoms in total. The fourth-order valence-corrected chi connectivity index (χ4v) is 4.00. The molecule has 0 aliphatic heterocycles. The molecular weight excluding hydrogens is 382 g/mol. The number of methoxy groups -OCH3 is 1. The van der Waals surface area contributed by atoms with Gasteiger partial charge in [-0.25, -0.2) is 4.98 Å². The van der Waals surface area contributed by atoms with Gasteiger partial charge in [-0.3, -0.25) is 9.69 Å². The zero-order valence-electron chi connectivity index (χ0n) is 18.1. The molecule has 1 aromatic heterocycles. The second-order valence-electron chi connectivity index (χ2n) is 8.57. The highest BCUT2D eigenvalue weighted by molar-refractivity contribution is 7.22. The normalized spacial score (nSPS) is 11.8. The maximum absolute atomic E-state index is 13.4. The Balaban J connectivity index is 1.95. The minimum Gasteiger partial charge on any atom is -0.497 e. The maximum Gasteiger partial charge on any atom is 0.260 e. The summed E-state index contributed by atoms with van der Waals surface area (Å²) in [5, 5.41) is 0.722. The molecule has 29 heavy (non-hydrogen) atoms. The molecule has 0 fully saturated rings. The number of thiazole rings is 1. The summed E-state index contributed by atoms with van der Waals surface area (Å²) in [6.45, 7) is 7.96. The number of aromatic nitrogens is 1. The van der Waals surface area contributed by atoms with Gasteiger partial charge in [-0.2, -0.15) is 0 Å². The van der Waals surface area contributed by atoms with Crippen LogP contribution in [-0.4, -0.2) is 45.2 Å². The molecule has 0 spiro atoms. The molecular formula is C23H30N3O2S+. The number of benzene rings is 2. The van der Waals surface area contributed by atoms with Crippen LogP contribution in [0, 0.1) is 0 Å². The number of anilines is 1. The highest BCUT2D eigenvalue weighted by Gasteiger charge is 2.23. The second-order valence-corrected chi connectivity index (χ2v) is 9.58. The molecule has 0 aliphatic carbocycles. The Bertz CT molecular complexity index is 988. The molecule has 154 valence electrons. The zero-order chi connectivity index (χ0) is 21.2. The van der Waals surface area contributed by atoms with Crippen molar-refractivity contribution >= 4 is 32.6 Å². The Labute approximate surface area is 176 Å². The van der Waals surface area contributed by atoms with Crippen molar-refractivity contribution in [1.82, 2.24) is 4.98 Å². The third kappa shape index (κ3) is 4.95. The molecule has 0 unspecified atom stereocenters. The van der Waals surface area contributed by atoms with Crippen LogP contribution in [0.1, 0.15) is 36.7 Å². The smallest absolute Gasteiger partial charge is 0.260 e. The van der Waals surface area contributed by atoms with Gasteiger partial charge in [0.25, 0.3) is 5.91 Å². The fourth-order valence-electron chi connectivity index (χ4n) is 3.03. The van der Waals surface area contributed by atoms with Gasteiger partial charge in [0.05, 0.1) is 44.5 Å². The topological polar surface area (TPSA) is 46.9 Å². The monoisotopic (exact) mass is 412 g/mol. The lowest BCUT2D eigenvalue weighted by atomic mass is 9.86. The lowest BCUT2D eigenvalue weighted by Gasteiger charge is -2.22. The summed E-state index contributed by atoms with van der Waals surface area (Å²) in [5.74, 6) is 0.750. The van der Waals surface area contributed by atoms with Crippen molar-refractivity contribution in [2.45, 2.75) is 26.2 Å². The number of amides is 1. The van der Waals surface area contributed by atoms with E-state index in [0.717, 1.165) is 27.6 Å². The van der Waals surface area contributed by atoms with Crippen LogP contribution in [0.4, 0.5) is 5.13 Å². The molecule has 2 aromatic carbocycles. The van der Waals surface area contributed by atoms with Crippen LogP contribution in [0.25, 0.3) is 10.2 Å². The van der Waals surface area contributed by atoms with Gasteiger partial charge in [-0.15, -0.1) is 0 Å². The number of likely N-dealkylation sites (N-methyl/N-ethyl adjacent to an activating group) is 1. The Hall–Kier alpha value is -2.44. The Morgan fingerprint density at radius 3 is 2.41 bits per heavy atom. The largest absolute Gasteiger partial charge is 0.497 e. The van der Waals surface area contributed by atoms with E-state index in [1.54, 1.807) is 12.0 Å². The van der Waals surface area contributed by atoms with Gasteiger partial charge < -0.3 is 9.64 Å². The Morgan fingerprint density at radius 1 is 1.14 bits per heavy atom. The number of rotatable bonds is 6. The van der Waals surface area contributed by atoms with E-state index < -0.39 is 0 Å². The van der Waals surface area contributed by atoms with Crippen molar-refractivity contribution in [3.8, 4) is 5.75 Å². The number of fused-ring (bicyclic) bond motifs is 1. The van der Waals surface area contributed by atoms with Gasteiger partial charge in [-0.05, 0) is 35.2 Å². The molecule has 1 N–H and O–H groups in total. The van der Waals surface area contributed by atoms with Gasteiger partial charge >= 0.3 is 0 Å². The molecule has 0 radical (unpaired) electrons. The summed E-state index contributed by atoms with van der Waals surface area (Å²) in [4.78, 5) is 21.2. The number of nitrogens with zero attached hydrogens (tertiary/aromatic N) is 2. The van der Waals surface area contributed by atoms with Crippen molar-refractivity contribution in [1.29, 1.82) is 0 Å². The van der Waals surface area contributed by atoms with E-state index in [0.29, 0.717) is 12.1 Å². The quantitative estimate of drug-likeness (QED) is 0.675. The van der Waals surface area contributed by atoms with E-state index in [1.807, 2.05) is 42.5 Å².